The molecule has 0 radical (unpaired) electrons. The van der Waals surface area contributed by atoms with Gasteiger partial charge in [0.2, 0.25) is 0 Å². The summed E-state index contributed by atoms with van der Waals surface area (Å²) < 4.78 is 5.79. The quantitative estimate of drug-likeness (QED) is 0.776. The molecule has 3 atom stereocenters. The van der Waals surface area contributed by atoms with Gasteiger partial charge in [0.05, 0.1) is 18.8 Å². The first-order valence-electron chi connectivity index (χ1n) is 7.31. The molecular weight excluding hydrogens is 214 g/mol. The zero-order valence-corrected chi connectivity index (χ0v) is 10.8. The van der Waals surface area contributed by atoms with Crippen LogP contribution in [-0.2, 0) is 4.74 Å². The Kier molecular flexibility index (Phi) is 5.26. The summed E-state index contributed by atoms with van der Waals surface area (Å²) in [5.41, 5.74) is 6.02. The molecule has 3 heteroatoms. The van der Waals surface area contributed by atoms with E-state index in [0.29, 0.717) is 6.61 Å². The van der Waals surface area contributed by atoms with Gasteiger partial charge in [0.25, 0.3) is 0 Å². The van der Waals surface area contributed by atoms with Crippen LogP contribution in [0.2, 0.25) is 0 Å². The van der Waals surface area contributed by atoms with E-state index in [1.165, 1.54) is 38.5 Å². The minimum absolute atomic E-state index is 0.182. The summed E-state index contributed by atoms with van der Waals surface area (Å²) in [5.74, 6) is 0.730. The molecule has 0 aliphatic heterocycles. The van der Waals surface area contributed by atoms with Gasteiger partial charge in [0.1, 0.15) is 0 Å². The molecule has 0 amide bonds. The molecule has 2 saturated carbocycles. The Bertz CT molecular complexity index is 216. The lowest BCUT2D eigenvalue weighted by Crippen LogP contribution is -2.40. The van der Waals surface area contributed by atoms with Crippen molar-refractivity contribution in [2.45, 2.75) is 76.0 Å². The number of hydrogen-bond acceptors (Lipinski definition) is 3. The van der Waals surface area contributed by atoms with Crippen molar-refractivity contribution in [2.75, 3.05) is 6.61 Å². The Labute approximate surface area is 105 Å². The molecule has 0 aromatic carbocycles. The third-order valence-corrected chi connectivity index (χ3v) is 4.34. The highest BCUT2D eigenvalue weighted by Crippen LogP contribution is 2.29. The molecule has 0 spiro atoms. The van der Waals surface area contributed by atoms with Crippen LogP contribution in [0.3, 0.4) is 0 Å². The van der Waals surface area contributed by atoms with Crippen LogP contribution in [0.25, 0.3) is 0 Å². The maximum Gasteiger partial charge on any atom is 0.0776 e. The van der Waals surface area contributed by atoms with Gasteiger partial charge in [-0.1, -0.05) is 38.5 Å². The van der Waals surface area contributed by atoms with E-state index in [2.05, 4.69) is 0 Å². The zero-order chi connectivity index (χ0) is 12.1. The molecule has 0 aromatic rings. The fourth-order valence-electron chi connectivity index (χ4n) is 3.27. The number of aliphatic hydroxyl groups excluding tert-OH is 1. The van der Waals surface area contributed by atoms with E-state index in [1.54, 1.807) is 0 Å². The first kappa shape index (κ1) is 13.3. The van der Waals surface area contributed by atoms with E-state index >= 15 is 0 Å². The summed E-state index contributed by atoms with van der Waals surface area (Å²) >= 11 is 0. The summed E-state index contributed by atoms with van der Waals surface area (Å²) in [6, 6.07) is 0.183. The van der Waals surface area contributed by atoms with E-state index in [9.17, 15) is 5.11 Å². The summed E-state index contributed by atoms with van der Waals surface area (Å²) in [4.78, 5) is 0. The van der Waals surface area contributed by atoms with Gasteiger partial charge >= 0.3 is 0 Å². The third-order valence-electron chi connectivity index (χ3n) is 4.34. The smallest absolute Gasteiger partial charge is 0.0776 e. The van der Waals surface area contributed by atoms with Gasteiger partial charge in [0.15, 0.2) is 0 Å². The fraction of sp³-hybridized carbons (Fsp3) is 1.00. The van der Waals surface area contributed by atoms with Crippen LogP contribution in [0.4, 0.5) is 0 Å². The van der Waals surface area contributed by atoms with Crippen LogP contribution < -0.4 is 5.73 Å². The molecule has 2 rings (SSSR count). The second-order valence-electron chi connectivity index (χ2n) is 5.86. The van der Waals surface area contributed by atoms with Crippen molar-refractivity contribution in [3.8, 4) is 0 Å². The number of hydrogen-bond donors (Lipinski definition) is 2. The van der Waals surface area contributed by atoms with Crippen molar-refractivity contribution < 1.29 is 9.84 Å². The average Bonchev–Trinajstić information content (AvgIpc) is 2.81. The van der Waals surface area contributed by atoms with Gasteiger partial charge in [0, 0.05) is 6.04 Å². The summed E-state index contributed by atoms with van der Waals surface area (Å²) in [5, 5.41) is 9.96. The number of nitrogens with two attached hydrogens (primary N) is 1. The Morgan fingerprint density at radius 1 is 1.06 bits per heavy atom. The highest BCUT2D eigenvalue weighted by atomic mass is 16.5. The van der Waals surface area contributed by atoms with Crippen LogP contribution in [-0.4, -0.2) is 30.0 Å². The third kappa shape index (κ3) is 4.23. The predicted octanol–water partition coefficient (Wildman–Crippen LogP) is 2.21. The van der Waals surface area contributed by atoms with Gasteiger partial charge in [-0.05, 0) is 25.2 Å². The molecule has 0 saturated heterocycles. The highest BCUT2D eigenvalue weighted by Gasteiger charge is 2.24. The highest BCUT2D eigenvalue weighted by molar-refractivity contribution is 4.79. The molecule has 100 valence electrons. The number of rotatable bonds is 5. The lowest BCUT2D eigenvalue weighted by Gasteiger charge is -2.29. The largest absolute Gasteiger partial charge is 0.391 e. The summed E-state index contributed by atoms with van der Waals surface area (Å²) in [7, 11) is 0. The standard InChI is InChI=1S/C14H27NO2/c15-13-7-3-4-8-14(13)17-10-12(16)9-11-5-1-2-6-11/h11-14,16H,1-10,15H2. The van der Waals surface area contributed by atoms with E-state index < -0.39 is 0 Å². The Balaban J connectivity index is 1.62. The van der Waals surface area contributed by atoms with Gasteiger partial charge in [-0.3, -0.25) is 0 Å². The molecule has 3 N–H and O–H groups in total. The van der Waals surface area contributed by atoms with Gasteiger partial charge < -0.3 is 15.6 Å². The van der Waals surface area contributed by atoms with Crippen molar-refractivity contribution in [3.05, 3.63) is 0 Å². The van der Waals surface area contributed by atoms with Gasteiger partial charge in [-0.2, -0.15) is 0 Å². The molecular formula is C14H27NO2. The molecule has 0 bridgehead atoms. The minimum Gasteiger partial charge on any atom is -0.391 e. The van der Waals surface area contributed by atoms with Crippen LogP contribution in [0.5, 0.6) is 0 Å². The van der Waals surface area contributed by atoms with E-state index in [-0.39, 0.29) is 18.2 Å². The topological polar surface area (TPSA) is 55.5 Å². The molecule has 0 aromatic heterocycles. The van der Waals surface area contributed by atoms with E-state index in [1.807, 2.05) is 0 Å². The van der Waals surface area contributed by atoms with Gasteiger partial charge in [-0.25, -0.2) is 0 Å². The van der Waals surface area contributed by atoms with Crippen LogP contribution >= 0.6 is 0 Å². The SMILES string of the molecule is NC1CCCCC1OCC(O)CC1CCCC1. The molecule has 3 nitrogen and oxygen atoms in total. The van der Waals surface area contributed by atoms with E-state index in [0.717, 1.165) is 25.2 Å². The molecule has 3 unspecified atom stereocenters. The molecule has 17 heavy (non-hydrogen) atoms. The maximum atomic E-state index is 9.96. The Morgan fingerprint density at radius 3 is 2.41 bits per heavy atom. The first-order chi connectivity index (χ1) is 8.25. The van der Waals surface area contributed by atoms with Crippen LogP contribution in [0.1, 0.15) is 57.8 Å². The monoisotopic (exact) mass is 241 g/mol. The van der Waals surface area contributed by atoms with Crippen molar-refractivity contribution in [1.29, 1.82) is 0 Å². The molecule has 0 heterocycles. The number of ether oxygens (including phenoxy) is 1. The molecule has 2 aliphatic carbocycles. The normalized spacial score (nSPS) is 32.8. The maximum absolute atomic E-state index is 9.96. The second-order valence-corrected chi connectivity index (χ2v) is 5.86. The lowest BCUT2D eigenvalue weighted by molar-refractivity contribution is -0.0378. The first-order valence-corrected chi connectivity index (χ1v) is 7.31. The Hall–Kier alpha value is -0.120. The Morgan fingerprint density at radius 2 is 1.71 bits per heavy atom. The second kappa shape index (κ2) is 6.72. The molecule has 2 aliphatic rings. The van der Waals surface area contributed by atoms with Gasteiger partial charge in [-0.15, -0.1) is 0 Å². The fourth-order valence-corrected chi connectivity index (χ4v) is 3.27. The lowest BCUT2D eigenvalue weighted by atomic mass is 9.93. The summed E-state index contributed by atoms with van der Waals surface area (Å²) in [6.45, 7) is 0.481. The van der Waals surface area contributed by atoms with Crippen molar-refractivity contribution in [1.82, 2.24) is 0 Å². The average molecular weight is 241 g/mol. The van der Waals surface area contributed by atoms with Crippen molar-refractivity contribution in [3.63, 3.8) is 0 Å². The number of aliphatic hydroxyl groups is 1. The summed E-state index contributed by atoms with van der Waals surface area (Å²) in [6.07, 6.45) is 10.7. The van der Waals surface area contributed by atoms with Crippen LogP contribution in [0.15, 0.2) is 0 Å². The predicted molar refractivity (Wildman–Crippen MR) is 68.8 cm³/mol. The van der Waals surface area contributed by atoms with E-state index in [4.69, 9.17) is 10.5 Å². The molecule has 2 fully saturated rings. The minimum atomic E-state index is -0.285. The van der Waals surface area contributed by atoms with Crippen molar-refractivity contribution >= 4 is 0 Å². The van der Waals surface area contributed by atoms with Crippen molar-refractivity contribution in [2.24, 2.45) is 11.7 Å². The zero-order valence-electron chi connectivity index (χ0n) is 10.8. The van der Waals surface area contributed by atoms with Crippen LogP contribution in [0, 0.1) is 5.92 Å².